The molecule has 0 bridgehead atoms. The Balaban J connectivity index is 2.01. The van der Waals surface area contributed by atoms with Crippen molar-refractivity contribution >= 4 is 8.56 Å². The minimum atomic E-state index is -2.05. The fraction of sp³-hybridized carbons (Fsp3) is 1.00. The second-order valence-electron chi connectivity index (χ2n) is 8.58. The lowest BCUT2D eigenvalue weighted by Gasteiger charge is -2.38. The molecule has 0 spiro atoms. The third-order valence-corrected chi connectivity index (χ3v) is 10.2. The Morgan fingerprint density at radius 1 is 0.560 bits per heavy atom. The number of hydrogen-bond acceptors (Lipinski definition) is 2. The lowest BCUT2D eigenvalue weighted by atomic mass is 9.99. The van der Waals surface area contributed by atoms with Crippen molar-refractivity contribution in [3.8, 4) is 0 Å². The Hall–Kier alpha value is 0.137. The normalized spacial score (nSPS) is 22.8. The molecular weight excluding hydrogens is 324 g/mol. The van der Waals surface area contributed by atoms with Gasteiger partial charge in [0.15, 0.2) is 0 Å². The molecule has 2 rings (SSSR count). The minimum absolute atomic E-state index is 0.485. The van der Waals surface area contributed by atoms with Crippen molar-refractivity contribution in [3.63, 3.8) is 0 Å². The molecule has 0 N–H and O–H groups in total. The lowest BCUT2D eigenvalue weighted by Crippen LogP contribution is -2.48. The maximum atomic E-state index is 6.99. The Morgan fingerprint density at radius 2 is 0.880 bits per heavy atom. The van der Waals surface area contributed by atoms with Gasteiger partial charge in [0, 0.05) is 12.2 Å². The van der Waals surface area contributed by atoms with Gasteiger partial charge in [0.2, 0.25) is 0 Å². The molecule has 0 heterocycles. The van der Waals surface area contributed by atoms with E-state index >= 15 is 0 Å². The van der Waals surface area contributed by atoms with E-state index in [-0.39, 0.29) is 0 Å². The zero-order chi connectivity index (χ0) is 17.8. The average molecular weight is 369 g/mol. The van der Waals surface area contributed by atoms with Gasteiger partial charge in [-0.2, -0.15) is 0 Å². The summed E-state index contributed by atoms with van der Waals surface area (Å²) >= 11 is 0. The molecule has 2 fully saturated rings. The first-order valence-corrected chi connectivity index (χ1v) is 13.9. The molecule has 0 aromatic heterocycles. The average Bonchev–Trinajstić information content (AvgIpc) is 2.53. The molecule has 0 aromatic rings. The van der Waals surface area contributed by atoms with Crippen LogP contribution in [-0.4, -0.2) is 20.8 Å². The summed E-state index contributed by atoms with van der Waals surface area (Å²) in [7, 11) is -2.05. The predicted molar refractivity (Wildman–Crippen MR) is 110 cm³/mol. The van der Waals surface area contributed by atoms with Crippen LogP contribution in [0.1, 0.15) is 117 Å². The zero-order valence-electron chi connectivity index (χ0n) is 17.2. The largest absolute Gasteiger partial charge is 0.391 e. The van der Waals surface area contributed by atoms with Gasteiger partial charge >= 0.3 is 8.56 Å². The molecule has 0 unspecified atom stereocenters. The van der Waals surface area contributed by atoms with E-state index in [4.69, 9.17) is 8.85 Å². The highest BCUT2D eigenvalue weighted by atomic mass is 28.4. The van der Waals surface area contributed by atoms with Crippen molar-refractivity contribution < 1.29 is 8.85 Å². The summed E-state index contributed by atoms with van der Waals surface area (Å²) in [6.07, 6.45) is 22.4. The summed E-state index contributed by atoms with van der Waals surface area (Å²) in [5.74, 6) is 0. The van der Waals surface area contributed by atoms with Crippen LogP contribution in [0.3, 0.4) is 0 Å². The van der Waals surface area contributed by atoms with Gasteiger partial charge < -0.3 is 8.85 Å². The van der Waals surface area contributed by atoms with E-state index in [0.29, 0.717) is 12.2 Å². The molecule has 0 aliphatic heterocycles. The molecule has 0 aromatic carbocycles. The van der Waals surface area contributed by atoms with Gasteiger partial charge in [-0.05, 0) is 37.8 Å². The van der Waals surface area contributed by atoms with Crippen LogP contribution in [0.4, 0.5) is 0 Å². The highest BCUT2D eigenvalue weighted by Gasteiger charge is 2.40. The SMILES string of the molecule is CCC[Si](CCC)(OC1CCCCCCC1)OC1CCCCCCC1. The van der Waals surface area contributed by atoms with Crippen molar-refractivity contribution in [1.82, 2.24) is 0 Å². The fourth-order valence-electron chi connectivity index (χ4n) is 4.83. The number of hydrogen-bond donors (Lipinski definition) is 0. The Bertz CT molecular complexity index is 286. The van der Waals surface area contributed by atoms with E-state index in [9.17, 15) is 0 Å². The summed E-state index contributed by atoms with van der Waals surface area (Å²) in [5, 5.41) is 0. The van der Waals surface area contributed by atoms with E-state index in [2.05, 4.69) is 13.8 Å². The first-order chi connectivity index (χ1) is 12.3. The molecule has 0 amide bonds. The predicted octanol–water partition coefficient (Wildman–Crippen LogP) is 7.51. The van der Waals surface area contributed by atoms with E-state index in [1.54, 1.807) is 0 Å². The maximum Gasteiger partial charge on any atom is 0.338 e. The molecule has 2 aliphatic carbocycles. The van der Waals surface area contributed by atoms with Crippen molar-refractivity contribution in [2.75, 3.05) is 0 Å². The molecule has 25 heavy (non-hydrogen) atoms. The molecule has 2 nitrogen and oxygen atoms in total. The third-order valence-electron chi connectivity index (χ3n) is 6.13. The van der Waals surface area contributed by atoms with Gasteiger partial charge in [-0.1, -0.05) is 90.9 Å². The Labute approximate surface area is 158 Å². The van der Waals surface area contributed by atoms with Crippen LogP contribution in [0.25, 0.3) is 0 Å². The van der Waals surface area contributed by atoms with Gasteiger partial charge in [-0.25, -0.2) is 0 Å². The van der Waals surface area contributed by atoms with Crippen LogP contribution >= 0.6 is 0 Å². The molecule has 0 radical (unpaired) electrons. The summed E-state index contributed by atoms with van der Waals surface area (Å²) in [6, 6.07) is 2.40. The lowest BCUT2D eigenvalue weighted by molar-refractivity contribution is 0.0538. The monoisotopic (exact) mass is 368 g/mol. The van der Waals surface area contributed by atoms with Crippen LogP contribution < -0.4 is 0 Å². The summed E-state index contributed by atoms with van der Waals surface area (Å²) < 4.78 is 14.0. The number of rotatable bonds is 8. The van der Waals surface area contributed by atoms with Gasteiger partial charge in [-0.3, -0.25) is 0 Å². The summed E-state index contributed by atoms with van der Waals surface area (Å²) in [4.78, 5) is 0. The highest BCUT2D eigenvalue weighted by molar-refractivity contribution is 6.67. The molecule has 2 aliphatic rings. The summed E-state index contributed by atoms with van der Waals surface area (Å²) in [5.41, 5.74) is 0. The standard InChI is InChI=1S/C22H44O2Si/c1-3-19-25(20-4-2,23-21-15-11-7-5-8-12-16-21)24-22-17-13-9-6-10-14-18-22/h21-22H,3-20H2,1-2H3. The van der Waals surface area contributed by atoms with Crippen molar-refractivity contribution in [2.45, 2.75) is 141 Å². The van der Waals surface area contributed by atoms with Crippen LogP contribution in [0.2, 0.25) is 12.1 Å². The van der Waals surface area contributed by atoms with Crippen molar-refractivity contribution in [3.05, 3.63) is 0 Å². The first kappa shape index (κ1) is 21.4. The van der Waals surface area contributed by atoms with E-state index in [1.807, 2.05) is 0 Å². The third kappa shape index (κ3) is 8.13. The van der Waals surface area contributed by atoms with Crippen molar-refractivity contribution in [2.24, 2.45) is 0 Å². The Kier molecular flexibility index (Phi) is 10.7. The Morgan fingerprint density at radius 3 is 1.20 bits per heavy atom. The van der Waals surface area contributed by atoms with Crippen LogP contribution in [-0.2, 0) is 8.85 Å². The fourth-order valence-corrected chi connectivity index (χ4v) is 8.82. The van der Waals surface area contributed by atoms with Gasteiger partial charge in [0.25, 0.3) is 0 Å². The van der Waals surface area contributed by atoms with Crippen LogP contribution in [0.15, 0.2) is 0 Å². The van der Waals surface area contributed by atoms with Crippen LogP contribution in [0, 0.1) is 0 Å². The van der Waals surface area contributed by atoms with E-state index in [1.165, 1.54) is 115 Å². The highest BCUT2D eigenvalue weighted by Crippen LogP contribution is 2.32. The second-order valence-corrected chi connectivity index (χ2v) is 11.9. The smallest absolute Gasteiger partial charge is 0.338 e. The van der Waals surface area contributed by atoms with Crippen LogP contribution in [0.5, 0.6) is 0 Å². The molecule has 0 atom stereocenters. The van der Waals surface area contributed by atoms with E-state index in [0.717, 1.165) is 0 Å². The van der Waals surface area contributed by atoms with Gasteiger partial charge in [-0.15, -0.1) is 0 Å². The summed E-state index contributed by atoms with van der Waals surface area (Å²) in [6.45, 7) is 4.64. The molecular formula is C22H44O2Si. The zero-order valence-corrected chi connectivity index (χ0v) is 18.2. The van der Waals surface area contributed by atoms with E-state index < -0.39 is 8.56 Å². The maximum absolute atomic E-state index is 6.99. The minimum Gasteiger partial charge on any atom is -0.391 e. The van der Waals surface area contributed by atoms with Gasteiger partial charge in [0.1, 0.15) is 0 Å². The molecule has 3 heteroatoms. The second kappa shape index (κ2) is 12.5. The molecule has 148 valence electrons. The molecule has 2 saturated carbocycles. The molecule has 0 saturated heterocycles. The first-order valence-electron chi connectivity index (χ1n) is 11.6. The topological polar surface area (TPSA) is 18.5 Å². The quantitative estimate of drug-likeness (QED) is 0.413. The van der Waals surface area contributed by atoms with Crippen molar-refractivity contribution in [1.29, 1.82) is 0 Å². The van der Waals surface area contributed by atoms with Gasteiger partial charge in [0.05, 0.1) is 0 Å².